The van der Waals surface area contributed by atoms with Gasteiger partial charge in [0.25, 0.3) is 5.91 Å². The molecule has 7 heteroatoms. The maximum absolute atomic E-state index is 12.4. The molecule has 25 heavy (non-hydrogen) atoms. The lowest BCUT2D eigenvalue weighted by molar-refractivity contribution is 0.0523. The zero-order chi connectivity index (χ0) is 16.8. The number of hydrogen-bond acceptors (Lipinski definition) is 5. The molecule has 5 nitrogen and oxygen atoms in total. The second-order valence-corrected chi connectivity index (χ2v) is 6.90. The van der Waals surface area contributed by atoms with Crippen molar-refractivity contribution in [1.82, 2.24) is 9.88 Å². The zero-order valence-corrected chi connectivity index (χ0v) is 15.7. The lowest BCUT2D eigenvalue weighted by Gasteiger charge is -2.15. The standard InChI is InChI=1S/C18H23N3O2S.ClH/c19-11-17-20-16(13-24-17)18(22)21-9-8-15(12-21)23-10-4-7-14-5-2-1-3-6-14;/h1-3,5-6,13,15H,4,7-12,19H2;1H. The number of hydrogen-bond donors (Lipinski definition) is 1. The summed E-state index contributed by atoms with van der Waals surface area (Å²) in [6.45, 7) is 2.50. The van der Waals surface area contributed by atoms with Gasteiger partial charge in [-0.3, -0.25) is 4.79 Å². The molecule has 0 spiro atoms. The average molecular weight is 382 g/mol. The number of carbonyl (C=O) groups is 1. The van der Waals surface area contributed by atoms with Gasteiger partial charge in [-0.1, -0.05) is 30.3 Å². The number of nitrogens with zero attached hydrogens (tertiary/aromatic N) is 2. The van der Waals surface area contributed by atoms with Gasteiger partial charge in [0.1, 0.15) is 10.7 Å². The Morgan fingerprint density at radius 3 is 2.88 bits per heavy atom. The number of likely N-dealkylation sites (tertiary alicyclic amines) is 1. The van der Waals surface area contributed by atoms with E-state index in [0.29, 0.717) is 18.8 Å². The van der Waals surface area contributed by atoms with Crippen molar-refractivity contribution in [3.05, 3.63) is 52.0 Å². The highest BCUT2D eigenvalue weighted by Crippen LogP contribution is 2.18. The molecule has 1 unspecified atom stereocenters. The molecule has 1 aromatic carbocycles. The van der Waals surface area contributed by atoms with Crippen molar-refractivity contribution in [2.24, 2.45) is 5.73 Å². The van der Waals surface area contributed by atoms with Crippen molar-refractivity contribution in [1.29, 1.82) is 0 Å². The van der Waals surface area contributed by atoms with E-state index in [0.717, 1.165) is 37.4 Å². The van der Waals surface area contributed by atoms with E-state index in [4.69, 9.17) is 10.5 Å². The molecule has 136 valence electrons. The van der Waals surface area contributed by atoms with Crippen LogP contribution in [0.5, 0.6) is 0 Å². The second-order valence-electron chi connectivity index (χ2n) is 5.95. The predicted molar refractivity (Wildman–Crippen MR) is 102 cm³/mol. The number of nitrogens with two attached hydrogens (primary N) is 1. The van der Waals surface area contributed by atoms with Gasteiger partial charge < -0.3 is 15.4 Å². The summed E-state index contributed by atoms with van der Waals surface area (Å²) in [6, 6.07) is 10.4. The molecule has 2 N–H and O–H groups in total. The minimum atomic E-state index is -0.0127. The highest BCUT2D eigenvalue weighted by atomic mass is 35.5. The van der Waals surface area contributed by atoms with Gasteiger partial charge in [-0.2, -0.15) is 0 Å². The molecular weight excluding hydrogens is 358 g/mol. The van der Waals surface area contributed by atoms with Crippen LogP contribution >= 0.6 is 23.7 Å². The minimum Gasteiger partial charge on any atom is -0.376 e. The lowest BCUT2D eigenvalue weighted by Crippen LogP contribution is -2.30. The van der Waals surface area contributed by atoms with Crippen molar-refractivity contribution in [2.45, 2.75) is 31.9 Å². The van der Waals surface area contributed by atoms with Gasteiger partial charge in [-0.15, -0.1) is 23.7 Å². The molecule has 2 aromatic rings. The summed E-state index contributed by atoms with van der Waals surface area (Å²) in [6.07, 6.45) is 3.06. The second kappa shape index (κ2) is 9.87. The Labute approximate surface area is 158 Å². The van der Waals surface area contributed by atoms with Gasteiger partial charge in [0.15, 0.2) is 0 Å². The van der Waals surface area contributed by atoms with Crippen LogP contribution in [0.3, 0.4) is 0 Å². The molecule has 2 heterocycles. The largest absolute Gasteiger partial charge is 0.376 e. The number of aryl methyl sites for hydroxylation is 1. The first-order valence-corrected chi connectivity index (χ1v) is 9.23. The van der Waals surface area contributed by atoms with Crippen LogP contribution in [-0.2, 0) is 17.7 Å². The molecule has 1 amide bonds. The maximum atomic E-state index is 12.4. The fourth-order valence-electron chi connectivity index (χ4n) is 2.88. The summed E-state index contributed by atoms with van der Waals surface area (Å²) in [5.74, 6) is -0.0127. The van der Waals surface area contributed by atoms with Crippen molar-refractivity contribution < 1.29 is 9.53 Å². The van der Waals surface area contributed by atoms with Gasteiger partial charge in [0.2, 0.25) is 0 Å². The number of thiazole rings is 1. The molecule has 0 radical (unpaired) electrons. The lowest BCUT2D eigenvalue weighted by atomic mass is 10.1. The summed E-state index contributed by atoms with van der Waals surface area (Å²) in [7, 11) is 0. The maximum Gasteiger partial charge on any atom is 0.273 e. The van der Waals surface area contributed by atoms with E-state index in [1.807, 2.05) is 11.0 Å². The van der Waals surface area contributed by atoms with Gasteiger partial charge in [-0.05, 0) is 24.8 Å². The van der Waals surface area contributed by atoms with E-state index >= 15 is 0 Å². The fourth-order valence-corrected chi connectivity index (χ4v) is 3.53. The predicted octanol–water partition coefficient (Wildman–Crippen LogP) is 2.89. The summed E-state index contributed by atoms with van der Waals surface area (Å²) < 4.78 is 5.94. The highest BCUT2D eigenvalue weighted by molar-refractivity contribution is 7.09. The topological polar surface area (TPSA) is 68.5 Å². The van der Waals surface area contributed by atoms with Crippen molar-refractivity contribution in [3.63, 3.8) is 0 Å². The molecule has 1 aromatic heterocycles. The van der Waals surface area contributed by atoms with Crippen molar-refractivity contribution in [3.8, 4) is 0 Å². The zero-order valence-electron chi connectivity index (χ0n) is 14.1. The van der Waals surface area contributed by atoms with Crippen LogP contribution < -0.4 is 5.73 Å². The molecule has 0 aliphatic carbocycles. The van der Waals surface area contributed by atoms with E-state index in [9.17, 15) is 4.79 Å². The van der Waals surface area contributed by atoms with Crippen LogP contribution in [0.25, 0.3) is 0 Å². The third-order valence-corrected chi connectivity index (χ3v) is 5.06. The number of carbonyl (C=O) groups excluding carboxylic acids is 1. The summed E-state index contributed by atoms with van der Waals surface area (Å²) in [5.41, 5.74) is 7.39. The SMILES string of the molecule is Cl.NCc1nc(C(=O)N2CCC(OCCCc3ccccc3)C2)cs1. The molecule has 1 aliphatic heterocycles. The van der Waals surface area contributed by atoms with Crippen LogP contribution in [0, 0.1) is 0 Å². The molecule has 0 saturated carbocycles. The first-order valence-electron chi connectivity index (χ1n) is 8.35. The molecule has 1 atom stereocenters. The third kappa shape index (κ3) is 5.51. The molecule has 1 fully saturated rings. The van der Waals surface area contributed by atoms with E-state index < -0.39 is 0 Å². The molecule has 1 aliphatic rings. The fraction of sp³-hybridized carbons (Fsp3) is 0.444. The van der Waals surface area contributed by atoms with Gasteiger partial charge in [-0.25, -0.2) is 4.98 Å². The van der Waals surface area contributed by atoms with Gasteiger partial charge in [0.05, 0.1) is 6.10 Å². The first kappa shape index (κ1) is 19.8. The summed E-state index contributed by atoms with van der Waals surface area (Å²) >= 11 is 1.44. The number of amides is 1. The summed E-state index contributed by atoms with van der Waals surface area (Å²) in [5, 5.41) is 2.59. The smallest absolute Gasteiger partial charge is 0.273 e. The highest BCUT2D eigenvalue weighted by Gasteiger charge is 2.28. The number of benzene rings is 1. The van der Waals surface area contributed by atoms with E-state index in [1.165, 1.54) is 16.9 Å². The first-order chi connectivity index (χ1) is 11.8. The van der Waals surface area contributed by atoms with Crippen LogP contribution in [0.1, 0.15) is 33.9 Å². The molecule has 1 saturated heterocycles. The van der Waals surface area contributed by atoms with Crippen molar-refractivity contribution >= 4 is 29.7 Å². The van der Waals surface area contributed by atoms with E-state index in [-0.39, 0.29) is 24.4 Å². The number of ether oxygens (including phenoxy) is 1. The monoisotopic (exact) mass is 381 g/mol. The van der Waals surface area contributed by atoms with Crippen LogP contribution in [0.15, 0.2) is 35.7 Å². The molecular formula is C18H24ClN3O2S. The Kier molecular flexibility index (Phi) is 7.84. The minimum absolute atomic E-state index is 0. The third-order valence-electron chi connectivity index (χ3n) is 4.18. The average Bonchev–Trinajstić information content (AvgIpc) is 3.28. The van der Waals surface area contributed by atoms with E-state index in [2.05, 4.69) is 29.2 Å². The molecule has 0 bridgehead atoms. The van der Waals surface area contributed by atoms with Crippen LogP contribution in [0.2, 0.25) is 0 Å². The Hall–Kier alpha value is -1.47. The summed E-state index contributed by atoms with van der Waals surface area (Å²) in [4.78, 5) is 18.5. The van der Waals surface area contributed by atoms with Crippen LogP contribution in [-0.4, -0.2) is 41.6 Å². The quantitative estimate of drug-likeness (QED) is 0.749. The van der Waals surface area contributed by atoms with E-state index in [1.54, 1.807) is 5.38 Å². The Bertz CT molecular complexity index is 665. The Morgan fingerprint density at radius 2 is 2.16 bits per heavy atom. The molecule has 3 rings (SSSR count). The number of rotatable bonds is 7. The van der Waals surface area contributed by atoms with Gasteiger partial charge in [0, 0.05) is 31.6 Å². The number of aromatic nitrogens is 1. The Morgan fingerprint density at radius 1 is 1.36 bits per heavy atom. The van der Waals surface area contributed by atoms with Crippen molar-refractivity contribution in [2.75, 3.05) is 19.7 Å². The normalized spacial score (nSPS) is 16.7. The van der Waals surface area contributed by atoms with Gasteiger partial charge >= 0.3 is 0 Å². The van der Waals surface area contributed by atoms with Crippen LogP contribution in [0.4, 0.5) is 0 Å². The number of halogens is 1. The Balaban J connectivity index is 0.00000225.